The summed E-state index contributed by atoms with van der Waals surface area (Å²) in [4.78, 5) is 16.1. The van der Waals surface area contributed by atoms with Crippen molar-refractivity contribution in [2.45, 2.75) is 20.0 Å². The topological polar surface area (TPSA) is 74.3 Å². The van der Waals surface area contributed by atoms with Crippen LogP contribution in [0.15, 0.2) is 42.4 Å². The van der Waals surface area contributed by atoms with Crippen molar-refractivity contribution in [2.75, 3.05) is 58.3 Å². The first-order chi connectivity index (χ1) is 17.0. The van der Waals surface area contributed by atoms with Gasteiger partial charge in [0.15, 0.2) is 11.5 Å². The highest BCUT2D eigenvalue weighted by molar-refractivity contribution is 5.93. The number of carbonyl (C=O) groups is 1. The highest BCUT2D eigenvalue weighted by atomic mass is 16.5. The fraction of sp³-hybridized carbons (Fsp3) is 0.458. The Morgan fingerprint density at radius 1 is 1.16 bits per heavy atom. The largest absolute Gasteiger partial charge is 0.493 e. The van der Waals surface area contributed by atoms with Crippen molar-refractivity contribution in [3.8, 4) is 11.5 Å². The van der Waals surface area contributed by atoms with E-state index in [1.54, 1.807) is 38.1 Å². The molecule has 0 spiro atoms. The molecule has 1 amide bonds. The SMILES string of the molecule is [2H]c1c([2H])c(C)c(NC(=O)CN2CCN(C([2H])([2H])C(O)COc3ccccc3OC)CC2)c(C)c1[2H]. The number of benzene rings is 2. The van der Waals surface area contributed by atoms with Crippen LogP contribution in [0.1, 0.15) is 18.0 Å². The number of nitrogens with one attached hydrogen (secondary N) is 1. The lowest BCUT2D eigenvalue weighted by Crippen LogP contribution is -2.50. The number of amides is 1. The summed E-state index contributed by atoms with van der Waals surface area (Å²) in [5, 5.41) is 13.3. The molecule has 1 saturated heterocycles. The van der Waals surface area contributed by atoms with Gasteiger partial charge in [-0.25, -0.2) is 0 Å². The molecule has 2 aromatic carbocycles. The van der Waals surface area contributed by atoms with E-state index in [9.17, 15) is 9.90 Å². The molecule has 2 aromatic rings. The molecule has 1 unspecified atom stereocenters. The van der Waals surface area contributed by atoms with Gasteiger partial charge in [0.1, 0.15) is 12.7 Å². The average molecular weight is 433 g/mol. The number of β-amino-alcohol motifs (C(OH)–C–C–N with tert-alkyl or cyclic N) is 1. The van der Waals surface area contributed by atoms with Gasteiger partial charge in [0.05, 0.1) is 17.8 Å². The first kappa shape index (κ1) is 17.0. The van der Waals surface area contributed by atoms with Gasteiger partial charge in [-0.1, -0.05) is 30.3 Å². The van der Waals surface area contributed by atoms with Gasteiger partial charge in [-0.15, -0.1) is 0 Å². The number of hydrogen-bond donors (Lipinski definition) is 2. The standard InChI is InChI=1S/C24H33N3O4/c1-18-7-6-8-19(2)24(18)25-23(29)16-27-13-11-26(12-14-27)15-20(28)17-31-22-10-5-4-9-21(22)30-3/h4-10,20,28H,11-17H2,1-3H3,(H,25,29)/i6D,7D,8D,15D2. The number of anilines is 1. The second kappa shape index (κ2) is 11.1. The van der Waals surface area contributed by atoms with Crippen molar-refractivity contribution in [3.05, 3.63) is 53.5 Å². The van der Waals surface area contributed by atoms with Crippen molar-refractivity contribution >= 4 is 11.6 Å². The van der Waals surface area contributed by atoms with Crippen molar-refractivity contribution in [1.82, 2.24) is 9.80 Å². The van der Waals surface area contributed by atoms with Gasteiger partial charge in [0, 0.05) is 41.1 Å². The van der Waals surface area contributed by atoms with Crippen molar-refractivity contribution in [2.24, 2.45) is 0 Å². The van der Waals surface area contributed by atoms with E-state index in [1.165, 1.54) is 12.0 Å². The van der Waals surface area contributed by atoms with Gasteiger partial charge < -0.3 is 19.9 Å². The van der Waals surface area contributed by atoms with Gasteiger partial charge in [-0.3, -0.25) is 14.6 Å². The predicted molar refractivity (Wildman–Crippen MR) is 122 cm³/mol. The van der Waals surface area contributed by atoms with Crippen LogP contribution in [0, 0.1) is 13.8 Å². The predicted octanol–water partition coefficient (Wildman–Crippen LogP) is 2.31. The number of ether oxygens (including phenoxy) is 2. The summed E-state index contributed by atoms with van der Waals surface area (Å²) in [6.07, 6.45) is -1.40. The molecule has 1 atom stereocenters. The molecule has 3 rings (SSSR count). The molecule has 7 nitrogen and oxygen atoms in total. The van der Waals surface area contributed by atoms with Crippen molar-refractivity contribution in [3.63, 3.8) is 0 Å². The van der Waals surface area contributed by atoms with E-state index in [1.807, 2.05) is 4.90 Å². The Balaban J connectivity index is 1.53. The lowest BCUT2D eigenvalue weighted by molar-refractivity contribution is -0.117. The molecule has 1 aliphatic rings. The van der Waals surface area contributed by atoms with Gasteiger partial charge in [0.2, 0.25) is 5.91 Å². The van der Waals surface area contributed by atoms with Crippen molar-refractivity contribution < 1.29 is 26.2 Å². The Morgan fingerprint density at radius 2 is 1.77 bits per heavy atom. The van der Waals surface area contributed by atoms with Gasteiger partial charge in [-0.2, -0.15) is 0 Å². The summed E-state index contributed by atoms with van der Waals surface area (Å²) in [6, 6.07) is 6.63. The van der Waals surface area contributed by atoms with E-state index in [0.717, 1.165) is 0 Å². The lowest BCUT2D eigenvalue weighted by atomic mass is 10.1. The number of para-hydroxylation sites is 3. The zero-order valence-electron chi connectivity index (χ0n) is 23.2. The molecule has 1 heterocycles. The molecule has 0 aliphatic carbocycles. The zero-order valence-corrected chi connectivity index (χ0v) is 18.2. The van der Waals surface area contributed by atoms with E-state index in [-0.39, 0.29) is 37.2 Å². The molecule has 31 heavy (non-hydrogen) atoms. The average Bonchev–Trinajstić information content (AvgIpc) is 2.87. The molecule has 0 bridgehead atoms. The molecule has 0 aromatic heterocycles. The molecule has 0 saturated carbocycles. The molecule has 0 radical (unpaired) electrons. The number of methoxy groups -OCH3 is 1. The highest BCUT2D eigenvalue weighted by Gasteiger charge is 2.21. The summed E-state index contributed by atoms with van der Waals surface area (Å²) < 4.78 is 51.5. The third-order valence-electron chi connectivity index (χ3n) is 5.05. The smallest absolute Gasteiger partial charge is 0.238 e. The minimum atomic E-state index is -2.03. The second-order valence-corrected chi connectivity index (χ2v) is 7.42. The van der Waals surface area contributed by atoms with E-state index in [2.05, 4.69) is 5.32 Å². The van der Waals surface area contributed by atoms with Gasteiger partial charge in [0.25, 0.3) is 0 Å². The first-order valence-electron chi connectivity index (χ1n) is 12.8. The van der Waals surface area contributed by atoms with Crippen molar-refractivity contribution in [1.29, 1.82) is 0 Å². The number of aliphatic hydroxyl groups excluding tert-OH is 1. The monoisotopic (exact) mass is 432 g/mol. The molecular weight excluding hydrogens is 394 g/mol. The van der Waals surface area contributed by atoms with Crippen LogP contribution in [0.3, 0.4) is 0 Å². The Hall–Kier alpha value is -2.61. The quantitative estimate of drug-likeness (QED) is 0.634. The number of rotatable bonds is 9. The van der Waals surface area contributed by atoms with Crippen LogP contribution in [0.4, 0.5) is 5.69 Å². The Labute approximate surface area is 191 Å². The molecule has 2 N–H and O–H groups in total. The Kier molecular flexibility index (Phi) is 6.11. The maximum absolute atomic E-state index is 12.7. The number of piperazine rings is 1. The van der Waals surface area contributed by atoms with E-state index < -0.39 is 12.6 Å². The summed E-state index contributed by atoms with van der Waals surface area (Å²) in [7, 11) is 1.51. The Morgan fingerprint density at radius 3 is 2.42 bits per heavy atom. The summed E-state index contributed by atoms with van der Waals surface area (Å²) in [6.45, 7) is 2.54. The molecule has 7 heteroatoms. The summed E-state index contributed by atoms with van der Waals surface area (Å²) in [5.41, 5.74) is 1.28. The van der Waals surface area contributed by atoms with Crippen LogP contribution in [0.2, 0.25) is 0 Å². The zero-order chi connectivity index (χ0) is 26.6. The maximum Gasteiger partial charge on any atom is 0.238 e. The number of nitrogens with zero attached hydrogens (tertiary/aromatic N) is 2. The maximum atomic E-state index is 12.7. The molecule has 168 valence electrons. The number of aliphatic hydroxyl groups is 1. The number of hydrogen-bond acceptors (Lipinski definition) is 6. The van der Waals surface area contributed by atoms with Crippen LogP contribution in [-0.4, -0.2) is 79.9 Å². The minimum absolute atomic E-state index is 0.0679. The highest BCUT2D eigenvalue weighted by Crippen LogP contribution is 2.25. The van der Waals surface area contributed by atoms with E-state index >= 15 is 0 Å². The molecule has 1 aliphatic heterocycles. The van der Waals surface area contributed by atoms with Gasteiger partial charge in [-0.05, 0) is 37.1 Å². The lowest BCUT2D eigenvalue weighted by Gasteiger charge is -2.35. The second-order valence-electron chi connectivity index (χ2n) is 7.42. The summed E-state index contributed by atoms with van der Waals surface area (Å²) >= 11 is 0. The van der Waals surface area contributed by atoms with E-state index in [0.29, 0.717) is 54.5 Å². The summed E-state index contributed by atoms with van der Waals surface area (Å²) in [5.74, 6) is 0.610. The fourth-order valence-corrected chi connectivity index (χ4v) is 3.38. The van der Waals surface area contributed by atoms with Gasteiger partial charge >= 0.3 is 0 Å². The number of carbonyl (C=O) groups excluding carboxylic acids is 1. The minimum Gasteiger partial charge on any atom is -0.493 e. The molecular formula is C24H33N3O4. The van der Waals surface area contributed by atoms with Crippen LogP contribution in [0.25, 0.3) is 0 Å². The van der Waals surface area contributed by atoms with Crippen LogP contribution < -0.4 is 14.8 Å². The third kappa shape index (κ3) is 6.69. The fourth-order valence-electron chi connectivity index (χ4n) is 3.38. The third-order valence-corrected chi connectivity index (χ3v) is 5.05. The van der Waals surface area contributed by atoms with Crippen LogP contribution in [0.5, 0.6) is 11.5 Å². The van der Waals surface area contributed by atoms with Crippen LogP contribution in [-0.2, 0) is 4.79 Å². The van der Waals surface area contributed by atoms with E-state index in [4.69, 9.17) is 16.3 Å². The normalized spacial score (nSPS) is 18.8. The van der Waals surface area contributed by atoms with Crippen LogP contribution >= 0.6 is 0 Å². The first-order valence-corrected chi connectivity index (χ1v) is 10.3. The molecule has 1 fully saturated rings. The Bertz CT molecular complexity index is 1060.